The Labute approximate surface area is 71.9 Å². The average molecular weight is 182 g/mol. The second-order valence-electron chi connectivity index (χ2n) is 2.34. The Morgan fingerprint density at radius 3 is 3.09 bits per heavy atom. The van der Waals surface area contributed by atoms with Crippen LogP contribution in [0.25, 0.3) is 9.40 Å². The van der Waals surface area contributed by atoms with Crippen molar-refractivity contribution in [3.63, 3.8) is 0 Å². The summed E-state index contributed by atoms with van der Waals surface area (Å²) in [4.78, 5) is 12.4. The summed E-state index contributed by atoms with van der Waals surface area (Å²) in [5.74, 6) is 0. The van der Waals surface area contributed by atoms with E-state index in [2.05, 4.69) is 0 Å². The van der Waals surface area contributed by atoms with E-state index in [1.807, 2.05) is 18.4 Å². The Bertz CT molecular complexity index is 439. The molecule has 1 nitrogen and oxygen atoms in total. The molecule has 0 fully saturated rings. The van der Waals surface area contributed by atoms with Gasteiger partial charge in [-0.25, -0.2) is 0 Å². The van der Waals surface area contributed by atoms with E-state index in [1.165, 1.54) is 11.3 Å². The zero-order valence-corrected chi connectivity index (χ0v) is 7.59. The molecule has 0 aromatic carbocycles. The van der Waals surface area contributed by atoms with Crippen LogP contribution in [0.2, 0.25) is 0 Å². The summed E-state index contributed by atoms with van der Waals surface area (Å²) in [6, 6.07) is 3.70. The lowest BCUT2D eigenvalue weighted by atomic mass is 10.4. The van der Waals surface area contributed by atoms with E-state index in [9.17, 15) is 4.79 Å². The largest absolute Gasteiger partial charge is 0.288 e. The third kappa shape index (κ3) is 1.10. The van der Waals surface area contributed by atoms with Crippen LogP contribution in [0.15, 0.2) is 22.3 Å². The van der Waals surface area contributed by atoms with Gasteiger partial charge in [-0.2, -0.15) is 0 Å². The van der Waals surface area contributed by atoms with E-state index in [0.717, 1.165) is 14.3 Å². The molecule has 11 heavy (non-hydrogen) atoms. The molecule has 3 heteroatoms. The predicted molar refractivity (Wildman–Crippen MR) is 50.7 cm³/mol. The van der Waals surface area contributed by atoms with Crippen molar-refractivity contribution >= 4 is 32.1 Å². The number of rotatable bonds is 0. The van der Waals surface area contributed by atoms with Gasteiger partial charge in [-0.3, -0.25) is 4.79 Å². The summed E-state index contributed by atoms with van der Waals surface area (Å²) in [6.45, 7) is 1.96. The number of aryl methyl sites for hydroxylation is 1. The van der Waals surface area contributed by atoms with Crippen LogP contribution in [0.5, 0.6) is 0 Å². The van der Waals surface area contributed by atoms with Gasteiger partial charge in [-0.1, -0.05) is 0 Å². The fraction of sp³-hybridized carbons (Fsp3) is 0.125. The zero-order chi connectivity index (χ0) is 7.84. The van der Waals surface area contributed by atoms with Gasteiger partial charge >= 0.3 is 0 Å². The Balaban J connectivity index is 3.02. The molecule has 0 saturated carbocycles. The van der Waals surface area contributed by atoms with Crippen LogP contribution in [-0.2, 0) is 0 Å². The molecular weight excluding hydrogens is 176 g/mol. The smallest absolute Gasteiger partial charge is 0.198 e. The van der Waals surface area contributed by atoms with E-state index >= 15 is 0 Å². The second kappa shape index (κ2) is 2.43. The molecule has 2 aromatic rings. The molecule has 56 valence electrons. The lowest BCUT2D eigenvalue weighted by Crippen LogP contribution is -1.94. The first-order valence-corrected chi connectivity index (χ1v) is 4.95. The highest BCUT2D eigenvalue weighted by Crippen LogP contribution is 2.22. The highest BCUT2D eigenvalue weighted by molar-refractivity contribution is 7.25. The van der Waals surface area contributed by atoms with E-state index in [4.69, 9.17) is 0 Å². The van der Waals surface area contributed by atoms with Gasteiger partial charge in [0.2, 0.25) is 0 Å². The van der Waals surface area contributed by atoms with Crippen molar-refractivity contribution < 1.29 is 0 Å². The normalized spacial score (nSPS) is 10.6. The number of fused-ring (bicyclic) bond motifs is 1. The molecule has 0 saturated heterocycles. The van der Waals surface area contributed by atoms with Crippen LogP contribution in [-0.4, -0.2) is 0 Å². The quantitative estimate of drug-likeness (QED) is 0.612. The topological polar surface area (TPSA) is 17.1 Å². The third-order valence-corrected chi connectivity index (χ3v) is 3.52. The first-order valence-electron chi connectivity index (χ1n) is 3.25. The highest BCUT2D eigenvalue weighted by atomic mass is 32.1. The average Bonchev–Trinajstić information content (AvgIpc) is 2.34. The highest BCUT2D eigenvalue weighted by Gasteiger charge is 1.99. The minimum Gasteiger partial charge on any atom is -0.288 e. The number of hydrogen-bond acceptors (Lipinski definition) is 3. The maximum Gasteiger partial charge on any atom is 0.198 e. The summed E-state index contributed by atoms with van der Waals surface area (Å²) in [6.07, 6.45) is 0. The van der Waals surface area contributed by atoms with Crippen molar-refractivity contribution in [2.24, 2.45) is 0 Å². The van der Waals surface area contributed by atoms with Crippen molar-refractivity contribution in [2.75, 3.05) is 0 Å². The molecule has 0 N–H and O–H groups in total. The summed E-state index contributed by atoms with van der Waals surface area (Å²) in [5.41, 5.74) is 0.159. The molecule has 2 heterocycles. The van der Waals surface area contributed by atoms with Crippen LogP contribution in [0, 0.1) is 6.92 Å². The van der Waals surface area contributed by atoms with Crippen molar-refractivity contribution in [3.05, 3.63) is 32.6 Å². The van der Waals surface area contributed by atoms with Gasteiger partial charge in [-0.15, -0.1) is 22.7 Å². The van der Waals surface area contributed by atoms with Crippen LogP contribution in [0.1, 0.15) is 4.88 Å². The standard InChI is InChI=1S/C8H6OS2/c1-5-4-6(9)8-7(11-5)2-3-10-8/h2-4H,1H3. The molecular formula is C8H6OS2. The van der Waals surface area contributed by atoms with Crippen molar-refractivity contribution in [1.29, 1.82) is 0 Å². The molecule has 0 spiro atoms. The second-order valence-corrected chi connectivity index (χ2v) is 4.54. The van der Waals surface area contributed by atoms with E-state index in [1.54, 1.807) is 17.4 Å². The molecule has 2 rings (SSSR count). The minimum atomic E-state index is 0.159. The molecule has 0 aliphatic heterocycles. The summed E-state index contributed by atoms with van der Waals surface area (Å²) < 4.78 is 2.00. The third-order valence-electron chi connectivity index (χ3n) is 1.46. The Hall–Kier alpha value is -0.670. The maximum atomic E-state index is 11.3. The van der Waals surface area contributed by atoms with E-state index < -0.39 is 0 Å². The minimum absolute atomic E-state index is 0.159. The van der Waals surface area contributed by atoms with Gasteiger partial charge in [0.15, 0.2) is 5.43 Å². The van der Waals surface area contributed by atoms with Crippen molar-refractivity contribution in [3.8, 4) is 0 Å². The van der Waals surface area contributed by atoms with Crippen LogP contribution in [0.4, 0.5) is 0 Å². The van der Waals surface area contributed by atoms with Gasteiger partial charge in [0, 0.05) is 9.58 Å². The summed E-state index contributed by atoms with van der Waals surface area (Å²) >= 11 is 3.19. The summed E-state index contributed by atoms with van der Waals surface area (Å²) in [5, 5.41) is 1.96. The molecule has 0 atom stereocenters. The molecule has 0 radical (unpaired) electrons. The summed E-state index contributed by atoms with van der Waals surface area (Å²) in [7, 11) is 0. The van der Waals surface area contributed by atoms with E-state index in [-0.39, 0.29) is 5.43 Å². The van der Waals surface area contributed by atoms with Gasteiger partial charge in [0.25, 0.3) is 0 Å². The van der Waals surface area contributed by atoms with Gasteiger partial charge in [-0.05, 0) is 24.4 Å². The maximum absolute atomic E-state index is 11.3. The van der Waals surface area contributed by atoms with Crippen molar-refractivity contribution in [2.45, 2.75) is 6.92 Å². The van der Waals surface area contributed by atoms with Gasteiger partial charge in [0.05, 0.1) is 4.70 Å². The zero-order valence-electron chi connectivity index (χ0n) is 5.96. The van der Waals surface area contributed by atoms with Gasteiger partial charge < -0.3 is 0 Å². The molecule has 0 aliphatic carbocycles. The first-order chi connectivity index (χ1) is 5.27. The molecule has 0 aliphatic rings. The number of hydrogen-bond donors (Lipinski definition) is 0. The Kier molecular flexibility index (Phi) is 1.55. The SMILES string of the molecule is Cc1cc(=O)c2sccc2s1. The lowest BCUT2D eigenvalue weighted by molar-refractivity contribution is 1.58. The molecule has 0 bridgehead atoms. The molecule has 0 unspecified atom stereocenters. The van der Waals surface area contributed by atoms with Gasteiger partial charge in [0.1, 0.15) is 0 Å². The number of thiophene rings is 1. The van der Waals surface area contributed by atoms with Crippen LogP contribution >= 0.6 is 22.7 Å². The van der Waals surface area contributed by atoms with Crippen LogP contribution in [0.3, 0.4) is 0 Å². The van der Waals surface area contributed by atoms with Crippen LogP contribution < -0.4 is 5.43 Å². The lowest BCUT2D eigenvalue weighted by Gasteiger charge is -1.88. The van der Waals surface area contributed by atoms with Crippen molar-refractivity contribution in [1.82, 2.24) is 0 Å². The van der Waals surface area contributed by atoms with E-state index in [0.29, 0.717) is 0 Å². The fourth-order valence-corrected chi connectivity index (χ4v) is 2.91. The predicted octanol–water partition coefficient (Wildman–Crippen LogP) is 2.63. The Morgan fingerprint density at radius 2 is 2.27 bits per heavy atom. The fourth-order valence-electron chi connectivity index (χ4n) is 1.01. The first kappa shape index (κ1) is 7.00. The molecule has 2 aromatic heterocycles. The Morgan fingerprint density at radius 1 is 1.45 bits per heavy atom. The monoisotopic (exact) mass is 182 g/mol. The molecule has 0 amide bonds.